The summed E-state index contributed by atoms with van der Waals surface area (Å²) in [7, 11) is -4.29. The molecule has 2 aliphatic rings. The minimum atomic E-state index is -4.29. The number of nitrogens with one attached hydrogen (secondary N) is 3. The molecule has 1 aromatic heterocycles. The number of benzene rings is 2. The number of hydrogen-bond acceptors (Lipinski definition) is 5. The van der Waals surface area contributed by atoms with Gasteiger partial charge in [-0.3, -0.25) is 9.89 Å². The average molecular weight is 562 g/mol. The lowest BCUT2D eigenvalue weighted by Gasteiger charge is -2.36. The molecule has 8 nitrogen and oxygen atoms in total. The van der Waals surface area contributed by atoms with Crippen molar-refractivity contribution < 1.29 is 26.4 Å². The van der Waals surface area contributed by atoms with E-state index in [1.807, 2.05) is 0 Å². The van der Waals surface area contributed by atoms with E-state index in [4.69, 9.17) is 0 Å². The predicted molar refractivity (Wildman–Crippen MR) is 139 cm³/mol. The Bertz CT molecular complexity index is 1500. The number of aromatic nitrogens is 2. The highest BCUT2D eigenvalue weighted by molar-refractivity contribution is 7.89. The van der Waals surface area contributed by atoms with Crippen LogP contribution < -0.4 is 10.6 Å². The average Bonchev–Trinajstić information content (AvgIpc) is 3.52. The molecule has 2 heterocycles. The third-order valence-corrected chi connectivity index (χ3v) is 9.19. The second-order valence-corrected chi connectivity index (χ2v) is 12.7. The molecule has 208 valence electrons. The Kier molecular flexibility index (Phi) is 7.29. The highest BCUT2D eigenvalue weighted by atomic mass is 32.2. The van der Waals surface area contributed by atoms with Crippen LogP contribution in [0.4, 0.5) is 19.0 Å². The van der Waals surface area contributed by atoms with Crippen molar-refractivity contribution in [3.8, 4) is 0 Å². The lowest BCUT2D eigenvalue weighted by molar-refractivity contribution is 0.102. The van der Waals surface area contributed by atoms with Crippen molar-refractivity contribution in [2.24, 2.45) is 0 Å². The first-order chi connectivity index (χ1) is 18.5. The number of amides is 1. The maximum Gasteiger partial charge on any atom is 0.260 e. The first-order valence-corrected chi connectivity index (χ1v) is 14.3. The molecule has 3 N–H and O–H groups in total. The molecular weight excluding hydrogens is 531 g/mol. The van der Waals surface area contributed by atoms with Gasteiger partial charge < -0.3 is 10.6 Å². The second kappa shape index (κ2) is 10.4. The van der Waals surface area contributed by atoms with E-state index in [2.05, 4.69) is 20.8 Å². The Labute approximate surface area is 225 Å². The van der Waals surface area contributed by atoms with Crippen molar-refractivity contribution in [3.05, 3.63) is 76.2 Å². The summed E-state index contributed by atoms with van der Waals surface area (Å²) in [6.45, 7) is 3.69. The van der Waals surface area contributed by atoms with Crippen molar-refractivity contribution in [1.29, 1.82) is 0 Å². The van der Waals surface area contributed by atoms with E-state index in [0.29, 0.717) is 35.5 Å². The zero-order valence-corrected chi connectivity index (χ0v) is 22.5. The molecule has 0 spiro atoms. The zero-order valence-electron chi connectivity index (χ0n) is 21.7. The quantitative estimate of drug-likeness (QED) is 0.391. The van der Waals surface area contributed by atoms with Gasteiger partial charge in [-0.05, 0) is 36.6 Å². The third-order valence-electron chi connectivity index (χ3n) is 7.42. The molecule has 5 rings (SSSR count). The van der Waals surface area contributed by atoms with Crippen LogP contribution in [-0.4, -0.2) is 41.4 Å². The maximum absolute atomic E-state index is 14.9. The first kappa shape index (κ1) is 27.4. The van der Waals surface area contributed by atoms with Crippen LogP contribution in [0, 0.1) is 17.5 Å². The lowest BCUT2D eigenvalue weighted by Crippen LogP contribution is -2.45. The Morgan fingerprint density at radius 1 is 1.13 bits per heavy atom. The normalized spacial score (nSPS) is 17.8. The summed E-state index contributed by atoms with van der Waals surface area (Å²) in [5.41, 5.74) is 0.598. The fourth-order valence-electron chi connectivity index (χ4n) is 5.46. The highest BCUT2D eigenvalue weighted by Crippen LogP contribution is 2.38. The molecule has 2 aromatic carbocycles. The minimum absolute atomic E-state index is 0.000340. The fraction of sp³-hybridized carbons (Fsp3) is 0.407. The fourth-order valence-corrected chi connectivity index (χ4v) is 7.07. The van der Waals surface area contributed by atoms with E-state index < -0.39 is 43.7 Å². The summed E-state index contributed by atoms with van der Waals surface area (Å²) in [5.74, 6) is -3.35. The number of carbonyl (C=O) groups is 1. The number of sulfonamides is 1. The number of nitrogens with zero attached hydrogens (tertiary/aromatic N) is 2. The van der Waals surface area contributed by atoms with Gasteiger partial charge in [0.1, 0.15) is 17.5 Å². The molecule has 39 heavy (non-hydrogen) atoms. The molecule has 12 heteroatoms. The van der Waals surface area contributed by atoms with E-state index in [1.54, 1.807) is 26.0 Å². The van der Waals surface area contributed by atoms with Crippen molar-refractivity contribution in [2.75, 3.05) is 11.9 Å². The maximum atomic E-state index is 14.9. The van der Waals surface area contributed by atoms with Gasteiger partial charge in [0.25, 0.3) is 5.91 Å². The number of anilines is 1. The first-order valence-electron chi connectivity index (χ1n) is 12.8. The smallest absolute Gasteiger partial charge is 0.260 e. The van der Waals surface area contributed by atoms with E-state index in [9.17, 15) is 26.4 Å². The number of fused-ring (bicyclic) bond motifs is 1. The number of aromatic amines is 1. The van der Waals surface area contributed by atoms with Gasteiger partial charge in [0.05, 0.1) is 10.5 Å². The van der Waals surface area contributed by atoms with Gasteiger partial charge in [0, 0.05) is 48.4 Å². The second-order valence-electron chi connectivity index (χ2n) is 10.8. The van der Waals surface area contributed by atoms with E-state index >= 15 is 0 Å². The Morgan fingerprint density at radius 3 is 2.51 bits per heavy atom. The van der Waals surface area contributed by atoms with Crippen molar-refractivity contribution >= 4 is 21.7 Å². The van der Waals surface area contributed by atoms with E-state index in [1.165, 1.54) is 6.07 Å². The van der Waals surface area contributed by atoms with E-state index in [0.717, 1.165) is 42.1 Å². The van der Waals surface area contributed by atoms with Crippen LogP contribution in [0.5, 0.6) is 0 Å². The van der Waals surface area contributed by atoms with Gasteiger partial charge in [0.2, 0.25) is 10.0 Å². The standard InChI is InChI=1S/C27H30F3N5O3S/c1-27(2)15-35(39(37,38)20-11-17(28)10-18(29)12-20)14-21-24(27)33-34-25(21)32-26(36)23-16(6-5-9-22(23)30)13-31-19-7-3-4-8-19/h5-6,9-12,19,31H,3-4,7-8,13-15H2,1-2H3,(H2,32,33,34,36). The summed E-state index contributed by atoms with van der Waals surface area (Å²) >= 11 is 0. The number of rotatable bonds is 7. The van der Waals surface area contributed by atoms with Gasteiger partial charge in [-0.2, -0.15) is 9.40 Å². The molecule has 0 saturated heterocycles. The molecule has 3 aromatic rings. The van der Waals surface area contributed by atoms with Crippen LogP contribution >= 0.6 is 0 Å². The molecule has 1 fully saturated rings. The molecule has 0 atom stereocenters. The van der Waals surface area contributed by atoms with E-state index in [-0.39, 0.29) is 24.5 Å². The zero-order chi connectivity index (χ0) is 27.9. The monoisotopic (exact) mass is 561 g/mol. The molecular formula is C27H30F3N5O3S. The Balaban J connectivity index is 1.42. The predicted octanol–water partition coefficient (Wildman–Crippen LogP) is 4.59. The van der Waals surface area contributed by atoms with Crippen LogP contribution in [0.1, 0.15) is 66.7 Å². The number of halogens is 3. The van der Waals surface area contributed by atoms with Crippen LogP contribution in [-0.2, 0) is 28.5 Å². The van der Waals surface area contributed by atoms with Gasteiger partial charge >= 0.3 is 0 Å². The van der Waals surface area contributed by atoms with Gasteiger partial charge in [-0.25, -0.2) is 21.6 Å². The number of H-pyrrole nitrogens is 1. The van der Waals surface area contributed by atoms with Crippen LogP contribution in [0.15, 0.2) is 41.3 Å². The summed E-state index contributed by atoms with van der Waals surface area (Å²) in [6, 6.07) is 6.90. The van der Waals surface area contributed by atoms with Crippen molar-refractivity contribution in [2.45, 2.75) is 69.0 Å². The van der Waals surface area contributed by atoms with Crippen LogP contribution in [0.25, 0.3) is 0 Å². The number of carbonyl (C=O) groups excluding carboxylic acids is 1. The molecule has 0 unspecified atom stereocenters. The Hall–Kier alpha value is -3.22. The van der Waals surface area contributed by atoms with Crippen LogP contribution in [0.2, 0.25) is 0 Å². The largest absolute Gasteiger partial charge is 0.310 e. The summed E-state index contributed by atoms with van der Waals surface area (Å²) in [4.78, 5) is 12.8. The SMILES string of the molecule is CC1(C)CN(S(=O)(=O)c2cc(F)cc(F)c2)Cc2c(NC(=O)c3c(F)cccc3CNC3CCCC3)n[nH]c21. The lowest BCUT2D eigenvalue weighted by atomic mass is 9.84. The molecule has 1 amide bonds. The molecule has 1 saturated carbocycles. The third kappa shape index (κ3) is 5.45. The highest BCUT2D eigenvalue weighted by Gasteiger charge is 2.41. The van der Waals surface area contributed by atoms with Crippen molar-refractivity contribution in [1.82, 2.24) is 19.8 Å². The molecule has 1 aliphatic carbocycles. The molecule has 1 aliphatic heterocycles. The molecule has 0 bridgehead atoms. The number of hydrogen-bond donors (Lipinski definition) is 3. The summed E-state index contributed by atoms with van der Waals surface area (Å²) < 4.78 is 70.3. The van der Waals surface area contributed by atoms with Gasteiger partial charge in [-0.1, -0.05) is 38.8 Å². The minimum Gasteiger partial charge on any atom is -0.310 e. The molecule has 0 radical (unpaired) electrons. The van der Waals surface area contributed by atoms with Crippen molar-refractivity contribution in [3.63, 3.8) is 0 Å². The topological polar surface area (TPSA) is 107 Å². The Morgan fingerprint density at radius 2 is 1.82 bits per heavy atom. The van der Waals surface area contributed by atoms with Crippen LogP contribution in [0.3, 0.4) is 0 Å². The van der Waals surface area contributed by atoms with Gasteiger partial charge in [0.15, 0.2) is 5.82 Å². The summed E-state index contributed by atoms with van der Waals surface area (Å²) in [5, 5.41) is 13.1. The summed E-state index contributed by atoms with van der Waals surface area (Å²) in [6.07, 6.45) is 4.34. The van der Waals surface area contributed by atoms with Gasteiger partial charge in [-0.15, -0.1) is 0 Å².